The second kappa shape index (κ2) is 10.6. The second-order valence-corrected chi connectivity index (χ2v) is 8.92. The van der Waals surface area contributed by atoms with E-state index in [1.54, 1.807) is 16.2 Å². The highest BCUT2D eigenvalue weighted by Crippen LogP contribution is 2.37. The van der Waals surface area contributed by atoms with Crippen LogP contribution in [0, 0.1) is 0 Å². The lowest BCUT2D eigenvalue weighted by Crippen LogP contribution is -2.51. The molecule has 0 unspecified atom stereocenters. The van der Waals surface area contributed by atoms with Gasteiger partial charge in [-0.2, -0.15) is 0 Å². The lowest BCUT2D eigenvalue weighted by atomic mass is 9.93. The molecule has 5 nitrogen and oxygen atoms in total. The number of unbranched alkanes of at least 4 members (excludes halogenated alkanes) is 1. The Morgan fingerprint density at radius 1 is 1.23 bits per heavy atom. The van der Waals surface area contributed by atoms with E-state index in [-0.39, 0.29) is 30.6 Å². The Kier molecular flexibility index (Phi) is 7.91. The van der Waals surface area contributed by atoms with Gasteiger partial charge in [-0.3, -0.25) is 4.79 Å². The Hall–Kier alpha value is -2.34. The standard InChI is InChI=1S/C24H33N3O2S/c1-4-6-14-25-24(29)27(18(3)5-2)17-22(28)26-15-12-21-20(13-16-30-21)23(26)19-10-8-7-9-11-19/h7-11,13,16,18,23H,4-6,12,14-15,17H2,1-3H3,(H,25,29)/t18-,23+/m0/s1. The molecule has 2 aromatic rings. The molecule has 3 amide bonds. The molecule has 0 spiro atoms. The first-order chi connectivity index (χ1) is 14.6. The van der Waals surface area contributed by atoms with E-state index in [1.807, 2.05) is 36.9 Å². The lowest BCUT2D eigenvalue weighted by molar-refractivity contribution is -0.134. The van der Waals surface area contributed by atoms with Gasteiger partial charge in [0, 0.05) is 24.0 Å². The van der Waals surface area contributed by atoms with Crippen molar-refractivity contribution in [2.75, 3.05) is 19.6 Å². The van der Waals surface area contributed by atoms with Crippen LogP contribution in [0.3, 0.4) is 0 Å². The summed E-state index contributed by atoms with van der Waals surface area (Å²) in [7, 11) is 0. The van der Waals surface area contributed by atoms with Crippen LogP contribution < -0.4 is 5.32 Å². The summed E-state index contributed by atoms with van der Waals surface area (Å²) in [6.07, 6.45) is 3.65. The van der Waals surface area contributed by atoms with E-state index in [0.717, 1.165) is 31.2 Å². The topological polar surface area (TPSA) is 52.7 Å². The van der Waals surface area contributed by atoms with E-state index in [4.69, 9.17) is 0 Å². The first kappa shape index (κ1) is 22.3. The van der Waals surface area contributed by atoms with E-state index < -0.39 is 0 Å². The maximum absolute atomic E-state index is 13.5. The fourth-order valence-corrected chi connectivity index (χ4v) is 4.84. The zero-order chi connectivity index (χ0) is 21.5. The smallest absolute Gasteiger partial charge is 0.318 e. The van der Waals surface area contributed by atoms with Crippen LogP contribution in [0.2, 0.25) is 0 Å². The number of thiophene rings is 1. The molecule has 0 saturated carbocycles. The quantitative estimate of drug-likeness (QED) is 0.613. The number of urea groups is 1. The maximum Gasteiger partial charge on any atom is 0.318 e. The van der Waals surface area contributed by atoms with Gasteiger partial charge in [-0.05, 0) is 48.8 Å². The molecular formula is C24H33N3O2S. The Labute approximate surface area is 184 Å². The molecule has 1 aliphatic heterocycles. The van der Waals surface area contributed by atoms with Crippen LogP contribution in [0.5, 0.6) is 0 Å². The van der Waals surface area contributed by atoms with Gasteiger partial charge in [-0.15, -0.1) is 11.3 Å². The number of carbonyl (C=O) groups excluding carboxylic acids is 2. The van der Waals surface area contributed by atoms with Crippen molar-refractivity contribution in [2.45, 2.75) is 58.5 Å². The van der Waals surface area contributed by atoms with Crippen molar-refractivity contribution >= 4 is 23.3 Å². The van der Waals surface area contributed by atoms with Crippen molar-refractivity contribution < 1.29 is 9.59 Å². The van der Waals surface area contributed by atoms with Crippen molar-refractivity contribution in [1.29, 1.82) is 0 Å². The van der Waals surface area contributed by atoms with Gasteiger partial charge in [0.05, 0.1) is 6.04 Å². The molecule has 162 valence electrons. The molecule has 6 heteroatoms. The third-order valence-corrected chi connectivity index (χ3v) is 6.89. The van der Waals surface area contributed by atoms with Crippen LogP contribution in [0.4, 0.5) is 4.79 Å². The molecule has 0 fully saturated rings. The normalized spacial score (nSPS) is 16.6. The van der Waals surface area contributed by atoms with Gasteiger partial charge in [0.15, 0.2) is 0 Å². The van der Waals surface area contributed by atoms with E-state index in [0.29, 0.717) is 13.1 Å². The molecule has 0 radical (unpaired) electrons. The SMILES string of the molecule is CCCCNC(=O)N(CC(=O)N1CCc2sccc2[C@H]1c1ccccc1)[C@@H](C)CC. The van der Waals surface area contributed by atoms with Gasteiger partial charge in [0.2, 0.25) is 5.91 Å². The number of benzene rings is 1. The number of nitrogens with one attached hydrogen (secondary N) is 1. The molecule has 0 aliphatic carbocycles. The molecule has 2 atom stereocenters. The van der Waals surface area contributed by atoms with Gasteiger partial charge in [-0.1, -0.05) is 50.6 Å². The number of amides is 3. The van der Waals surface area contributed by atoms with E-state index in [9.17, 15) is 9.59 Å². The summed E-state index contributed by atoms with van der Waals surface area (Å²) in [6, 6.07) is 12.1. The summed E-state index contributed by atoms with van der Waals surface area (Å²) in [4.78, 5) is 31.3. The van der Waals surface area contributed by atoms with Crippen molar-refractivity contribution in [2.24, 2.45) is 0 Å². The summed E-state index contributed by atoms with van der Waals surface area (Å²) in [5.41, 5.74) is 2.33. The third kappa shape index (κ3) is 5.04. The molecule has 1 N–H and O–H groups in total. The fraction of sp³-hybridized carbons (Fsp3) is 0.500. The van der Waals surface area contributed by atoms with Crippen LogP contribution >= 0.6 is 11.3 Å². The summed E-state index contributed by atoms with van der Waals surface area (Å²) in [5, 5.41) is 5.09. The lowest BCUT2D eigenvalue weighted by Gasteiger charge is -2.38. The molecule has 2 heterocycles. The van der Waals surface area contributed by atoms with E-state index in [2.05, 4.69) is 35.8 Å². The van der Waals surface area contributed by atoms with Gasteiger partial charge in [-0.25, -0.2) is 4.79 Å². The number of hydrogen-bond donors (Lipinski definition) is 1. The summed E-state index contributed by atoms with van der Waals surface area (Å²) in [6.45, 7) is 7.58. The molecule has 3 rings (SSSR count). The maximum atomic E-state index is 13.5. The summed E-state index contributed by atoms with van der Waals surface area (Å²) < 4.78 is 0. The molecule has 1 aromatic carbocycles. The first-order valence-electron chi connectivity index (χ1n) is 11.0. The predicted octanol–water partition coefficient (Wildman–Crippen LogP) is 4.83. The highest BCUT2D eigenvalue weighted by atomic mass is 32.1. The monoisotopic (exact) mass is 427 g/mol. The van der Waals surface area contributed by atoms with E-state index in [1.165, 1.54) is 10.4 Å². The van der Waals surface area contributed by atoms with Crippen LogP contribution in [-0.2, 0) is 11.2 Å². The largest absolute Gasteiger partial charge is 0.338 e. The van der Waals surface area contributed by atoms with Crippen LogP contribution in [0.1, 0.15) is 62.1 Å². The molecule has 0 bridgehead atoms. The van der Waals surface area contributed by atoms with Crippen molar-refractivity contribution in [3.05, 3.63) is 57.8 Å². The van der Waals surface area contributed by atoms with Gasteiger partial charge in [0.25, 0.3) is 0 Å². The zero-order valence-electron chi connectivity index (χ0n) is 18.3. The van der Waals surface area contributed by atoms with Crippen LogP contribution in [-0.4, -0.2) is 47.4 Å². The van der Waals surface area contributed by atoms with Gasteiger partial charge in [0.1, 0.15) is 6.54 Å². The number of hydrogen-bond acceptors (Lipinski definition) is 3. The van der Waals surface area contributed by atoms with Crippen LogP contribution in [0.25, 0.3) is 0 Å². The van der Waals surface area contributed by atoms with Crippen molar-refractivity contribution in [3.8, 4) is 0 Å². The highest BCUT2D eigenvalue weighted by molar-refractivity contribution is 7.10. The minimum absolute atomic E-state index is 0.00615. The minimum atomic E-state index is -0.143. The van der Waals surface area contributed by atoms with Crippen molar-refractivity contribution in [1.82, 2.24) is 15.1 Å². The first-order valence-corrected chi connectivity index (χ1v) is 11.9. The van der Waals surface area contributed by atoms with Gasteiger partial charge < -0.3 is 15.1 Å². The number of nitrogens with zero attached hydrogens (tertiary/aromatic N) is 2. The Morgan fingerprint density at radius 3 is 2.70 bits per heavy atom. The number of rotatable bonds is 8. The predicted molar refractivity (Wildman–Crippen MR) is 123 cm³/mol. The average molecular weight is 428 g/mol. The fourth-order valence-electron chi connectivity index (χ4n) is 3.94. The Morgan fingerprint density at radius 2 is 2.00 bits per heavy atom. The number of fused-ring (bicyclic) bond motifs is 1. The minimum Gasteiger partial charge on any atom is -0.338 e. The Balaban J connectivity index is 1.81. The van der Waals surface area contributed by atoms with E-state index >= 15 is 0 Å². The highest BCUT2D eigenvalue weighted by Gasteiger charge is 2.34. The Bertz CT molecular complexity index is 836. The summed E-state index contributed by atoms with van der Waals surface area (Å²) >= 11 is 1.76. The third-order valence-electron chi connectivity index (χ3n) is 5.90. The van der Waals surface area contributed by atoms with Gasteiger partial charge >= 0.3 is 6.03 Å². The molecule has 30 heavy (non-hydrogen) atoms. The summed E-state index contributed by atoms with van der Waals surface area (Å²) in [5.74, 6) is 0.00615. The van der Waals surface area contributed by atoms with Crippen molar-refractivity contribution in [3.63, 3.8) is 0 Å². The number of carbonyl (C=O) groups is 2. The molecule has 1 aliphatic rings. The average Bonchev–Trinajstić information content (AvgIpc) is 3.25. The zero-order valence-corrected chi connectivity index (χ0v) is 19.1. The second-order valence-electron chi connectivity index (χ2n) is 7.92. The molecule has 1 aromatic heterocycles. The molecular weight excluding hydrogens is 394 g/mol. The van der Waals surface area contributed by atoms with Crippen LogP contribution in [0.15, 0.2) is 41.8 Å². The molecule has 0 saturated heterocycles.